The molecule has 0 aromatic rings. The lowest BCUT2D eigenvalue weighted by Gasteiger charge is -2.91. The fourth-order valence-corrected chi connectivity index (χ4v) is 7.36. The van der Waals surface area contributed by atoms with E-state index in [-0.39, 0.29) is 11.3 Å². The first kappa shape index (κ1) is 7.25. The van der Waals surface area contributed by atoms with Crippen LogP contribution in [0.5, 0.6) is 0 Å². The van der Waals surface area contributed by atoms with Gasteiger partial charge in [-0.3, -0.25) is 0 Å². The maximum atomic E-state index is 6.68. The van der Waals surface area contributed by atoms with Gasteiger partial charge in [-0.15, -0.1) is 0 Å². The second kappa shape index (κ2) is 1.45. The first-order valence-corrected chi connectivity index (χ1v) is 6.26. The zero-order chi connectivity index (χ0) is 9.79. The van der Waals surface area contributed by atoms with Crippen LogP contribution in [0, 0.1) is 40.9 Å². The Morgan fingerprint density at radius 2 is 1.47 bits per heavy atom. The first-order chi connectivity index (χ1) is 7.19. The van der Waals surface area contributed by atoms with Crippen molar-refractivity contribution >= 4 is 0 Å². The van der Waals surface area contributed by atoms with E-state index in [0.29, 0.717) is 11.3 Å². The van der Waals surface area contributed by atoms with Gasteiger partial charge in [0.05, 0.1) is 18.8 Å². The van der Waals surface area contributed by atoms with Gasteiger partial charge in [0.1, 0.15) is 0 Å². The molecule has 0 aromatic heterocycles. The lowest BCUT2D eigenvalue weighted by atomic mass is 9.12. The SMILES string of the molecule is CC12C3[C@@H]4[C@H]1C1[C@H]2[C@H]3C4(N)C12OCCO2. The highest BCUT2D eigenvalue weighted by Gasteiger charge is 3.07. The van der Waals surface area contributed by atoms with Crippen LogP contribution in [0.4, 0.5) is 0 Å². The van der Waals surface area contributed by atoms with Crippen LogP contribution in [-0.2, 0) is 9.47 Å². The highest BCUT2D eigenvalue weighted by Crippen LogP contribution is 3.02. The van der Waals surface area contributed by atoms with Crippen LogP contribution in [-0.4, -0.2) is 24.5 Å². The van der Waals surface area contributed by atoms with Crippen LogP contribution in [0.1, 0.15) is 6.92 Å². The van der Waals surface area contributed by atoms with Crippen LogP contribution in [0.15, 0.2) is 0 Å². The quantitative estimate of drug-likeness (QED) is 0.614. The lowest BCUT2D eigenvalue weighted by Crippen LogP contribution is -2.94. The fraction of sp³-hybridized carbons (Fsp3) is 1.00. The minimum atomic E-state index is -0.329. The minimum Gasteiger partial charge on any atom is -0.345 e. The second-order valence-electron chi connectivity index (χ2n) is 6.82. The van der Waals surface area contributed by atoms with Crippen molar-refractivity contribution in [3.05, 3.63) is 0 Å². The molecule has 4 unspecified atom stereocenters. The maximum absolute atomic E-state index is 6.68. The Morgan fingerprint density at radius 1 is 0.933 bits per heavy atom. The summed E-state index contributed by atoms with van der Waals surface area (Å²) in [4.78, 5) is 0. The van der Waals surface area contributed by atoms with Crippen LogP contribution in [0.2, 0.25) is 0 Å². The molecule has 0 amide bonds. The molecule has 6 saturated carbocycles. The monoisotopic (exact) mass is 205 g/mol. The Hall–Kier alpha value is -0.120. The number of hydrogen-bond donors (Lipinski definition) is 1. The van der Waals surface area contributed by atoms with Gasteiger partial charge in [-0.1, -0.05) is 6.92 Å². The molecule has 1 spiro atoms. The molecule has 1 heterocycles. The van der Waals surface area contributed by atoms with E-state index in [0.717, 1.165) is 42.8 Å². The molecule has 0 aromatic carbocycles. The van der Waals surface area contributed by atoms with E-state index in [2.05, 4.69) is 6.92 Å². The van der Waals surface area contributed by atoms with Gasteiger partial charge in [-0.05, 0) is 35.0 Å². The standard InChI is InChI=1S/C12H15NO2/c1-10-4-7-5(10)9-6(10)8(4)11(7,13)12(9)14-2-3-15-12/h4-9H,2-3,13H2,1H3/t4?,5-,6+,7+,8-,9?,10?,11?. The highest BCUT2D eigenvalue weighted by atomic mass is 16.7. The average molecular weight is 205 g/mol. The smallest absolute Gasteiger partial charge is 0.190 e. The van der Waals surface area contributed by atoms with Crippen molar-refractivity contribution in [2.24, 2.45) is 46.7 Å². The molecule has 0 radical (unpaired) electrons. The summed E-state index contributed by atoms with van der Waals surface area (Å²) >= 11 is 0. The summed E-state index contributed by atoms with van der Waals surface area (Å²) in [6.45, 7) is 4.00. The van der Waals surface area contributed by atoms with Crippen LogP contribution >= 0.6 is 0 Å². The molecule has 3 heteroatoms. The number of ether oxygens (including phenoxy) is 2. The molecule has 15 heavy (non-hydrogen) atoms. The van der Waals surface area contributed by atoms with Gasteiger partial charge in [-0.25, -0.2) is 0 Å². The fourth-order valence-electron chi connectivity index (χ4n) is 7.36. The van der Waals surface area contributed by atoms with E-state index < -0.39 is 0 Å². The Kier molecular flexibility index (Phi) is 0.700. The second-order valence-corrected chi connectivity index (χ2v) is 6.82. The zero-order valence-corrected chi connectivity index (χ0v) is 8.77. The molecular formula is C12H15NO2. The van der Waals surface area contributed by atoms with Gasteiger partial charge >= 0.3 is 0 Å². The summed E-state index contributed by atoms with van der Waals surface area (Å²) in [7, 11) is 0. The van der Waals surface area contributed by atoms with Crippen molar-refractivity contribution in [3.8, 4) is 0 Å². The van der Waals surface area contributed by atoms with Crippen molar-refractivity contribution in [1.82, 2.24) is 0 Å². The molecule has 8 atom stereocenters. The molecule has 1 saturated heterocycles. The third-order valence-corrected chi connectivity index (χ3v) is 7.34. The molecule has 80 valence electrons. The Balaban J connectivity index is 1.65. The summed E-state index contributed by atoms with van der Waals surface area (Å²) in [6, 6.07) is 0. The summed E-state index contributed by atoms with van der Waals surface area (Å²) in [5, 5.41) is 0. The minimum absolute atomic E-state index is 0.0775. The van der Waals surface area contributed by atoms with E-state index in [9.17, 15) is 0 Å². The van der Waals surface area contributed by atoms with Crippen LogP contribution < -0.4 is 5.73 Å². The van der Waals surface area contributed by atoms with Gasteiger partial charge in [0.25, 0.3) is 0 Å². The predicted molar refractivity (Wildman–Crippen MR) is 50.6 cm³/mol. The molecule has 1 aliphatic heterocycles. The summed E-state index contributed by atoms with van der Waals surface area (Å²) in [5.41, 5.74) is 7.27. The Labute approximate surface area is 88.3 Å². The Bertz CT molecular complexity index is 407. The molecule has 3 nitrogen and oxygen atoms in total. The largest absolute Gasteiger partial charge is 0.345 e. The summed E-state index contributed by atoms with van der Waals surface area (Å²) < 4.78 is 12.0. The van der Waals surface area contributed by atoms with Crippen molar-refractivity contribution in [3.63, 3.8) is 0 Å². The maximum Gasteiger partial charge on any atom is 0.190 e. The normalized spacial score (nSPS) is 82.0. The molecular weight excluding hydrogens is 190 g/mol. The van der Waals surface area contributed by atoms with Crippen LogP contribution in [0.25, 0.3) is 0 Å². The van der Waals surface area contributed by atoms with Crippen molar-refractivity contribution in [1.29, 1.82) is 0 Å². The van der Waals surface area contributed by atoms with E-state index in [1.54, 1.807) is 0 Å². The molecule has 2 N–H and O–H groups in total. The van der Waals surface area contributed by atoms with Crippen molar-refractivity contribution < 1.29 is 9.47 Å². The van der Waals surface area contributed by atoms with Crippen molar-refractivity contribution in [2.75, 3.05) is 13.2 Å². The molecule has 7 rings (SSSR count). The summed E-state index contributed by atoms with van der Waals surface area (Å²) in [6.07, 6.45) is 0. The Morgan fingerprint density at radius 3 is 2.00 bits per heavy atom. The summed E-state index contributed by atoms with van der Waals surface area (Å²) in [5.74, 6) is 4.47. The molecule has 2 bridgehead atoms. The third-order valence-electron chi connectivity index (χ3n) is 7.34. The average Bonchev–Trinajstić information content (AvgIpc) is 2.78. The number of rotatable bonds is 0. The zero-order valence-electron chi connectivity index (χ0n) is 8.77. The van der Waals surface area contributed by atoms with Gasteiger partial charge in [0, 0.05) is 5.92 Å². The molecule has 7 fully saturated rings. The predicted octanol–water partition coefficient (Wildman–Crippen LogP) is 0.198. The van der Waals surface area contributed by atoms with Crippen LogP contribution in [0.3, 0.4) is 0 Å². The van der Waals surface area contributed by atoms with Gasteiger partial charge < -0.3 is 15.2 Å². The number of hydrogen-bond acceptors (Lipinski definition) is 3. The van der Waals surface area contributed by atoms with E-state index in [1.165, 1.54) is 0 Å². The van der Waals surface area contributed by atoms with Crippen molar-refractivity contribution in [2.45, 2.75) is 18.2 Å². The third kappa shape index (κ3) is 0.323. The first-order valence-electron chi connectivity index (χ1n) is 6.26. The van der Waals surface area contributed by atoms with Gasteiger partial charge in [0.15, 0.2) is 5.79 Å². The molecule has 6 aliphatic carbocycles. The number of nitrogens with two attached hydrogens (primary N) is 1. The van der Waals surface area contributed by atoms with Gasteiger partial charge in [-0.2, -0.15) is 0 Å². The van der Waals surface area contributed by atoms with Gasteiger partial charge in [0.2, 0.25) is 0 Å². The topological polar surface area (TPSA) is 44.5 Å². The molecule has 7 aliphatic rings. The van der Waals surface area contributed by atoms with E-state index in [1.807, 2.05) is 0 Å². The van der Waals surface area contributed by atoms with E-state index >= 15 is 0 Å². The highest BCUT2D eigenvalue weighted by molar-refractivity contribution is 5.54. The lowest BCUT2D eigenvalue weighted by molar-refractivity contribution is -0.444. The van der Waals surface area contributed by atoms with E-state index in [4.69, 9.17) is 15.2 Å².